The van der Waals surface area contributed by atoms with Crippen molar-refractivity contribution >= 4 is 17.3 Å². The van der Waals surface area contributed by atoms with Gasteiger partial charge in [-0.1, -0.05) is 48.5 Å². The number of carbonyl (C=O) groups excluding carboxylic acids is 1. The van der Waals surface area contributed by atoms with Gasteiger partial charge in [-0.15, -0.1) is 0 Å². The third kappa shape index (κ3) is 2.34. The number of anilines is 1. The van der Waals surface area contributed by atoms with E-state index in [1.54, 1.807) is 11.9 Å². The van der Waals surface area contributed by atoms with E-state index in [4.69, 9.17) is 5.73 Å². The van der Waals surface area contributed by atoms with Crippen molar-refractivity contribution in [3.8, 4) is 0 Å². The number of benzene rings is 2. The molecule has 2 N–H and O–H groups in total. The molecule has 3 rings (SSSR count). The van der Waals surface area contributed by atoms with Gasteiger partial charge in [0.25, 0.3) is 5.91 Å². The minimum Gasteiger partial charge on any atom is -0.328 e. The number of hydrogen-bond donors (Lipinski definition) is 1. The van der Waals surface area contributed by atoms with Crippen LogP contribution in [0.5, 0.6) is 0 Å². The Kier molecular flexibility index (Phi) is 3.54. The highest BCUT2D eigenvalue weighted by molar-refractivity contribution is 6.20. The van der Waals surface area contributed by atoms with E-state index in [1.165, 1.54) is 0 Å². The quantitative estimate of drug-likeness (QED) is 0.911. The number of fused-ring (bicyclic) bond motifs is 1. The van der Waals surface area contributed by atoms with Crippen LogP contribution in [-0.4, -0.2) is 31.3 Å². The second-order valence-electron chi connectivity index (χ2n) is 5.01. The van der Waals surface area contributed by atoms with Gasteiger partial charge in [-0.2, -0.15) is 0 Å². The second kappa shape index (κ2) is 5.50. The van der Waals surface area contributed by atoms with Gasteiger partial charge in [-0.3, -0.25) is 9.79 Å². The van der Waals surface area contributed by atoms with E-state index >= 15 is 0 Å². The Labute approximate surface area is 123 Å². The molecule has 21 heavy (non-hydrogen) atoms. The molecule has 1 heterocycles. The van der Waals surface area contributed by atoms with E-state index < -0.39 is 6.04 Å². The maximum Gasteiger partial charge on any atom is 0.252 e. The van der Waals surface area contributed by atoms with Crippen LogP contribution in [0.25, 0.3) is 0 Å². The molecular weight excluding hydrogens is 262 g/mol. The first kappa shape index (κ1) is 13.5. The third-order valence-corrected chi connectivity index (χ3v) is 3.69. The van der Waals surface area contributed by atoms with Crippen LogP contribution in [0.15, 0.2) is 59.6 Å². The van der Waals surface area contributed by atoms with Crippen molar-refractivity contribution in [1.29, 1.82) is 0 Å². The molecule has 106 valence electrons. The first-order chi connectivity index (χ1) is 10.2. The van der Waals surface area contributed by atoms with Gasteiger partial charge < -0.3 is 10.6 Å². The van der Waals surface area contributed by atoms with E-state index in [1.807, 2.05) is 54.6 Å². The molecule has 0 spiro atoms. The Balaban J connectivity index is 2.24. The van der Waals surface area contributed by atoms with Crippen LogP contribution in [0.1, 0.15) is 11.1 Å². The lowest BCUT2D eigenvalue weighted by molar-refractivity contribution is -0.119. The van der Waals surface area contributed by atoms with Crippen LogP contribution in [0.2, 0.25) is 0 Å². The third-order valence-electron chi connectivity index (χ3n) is 3.69. The molecule has 0 aliphatic carbocycles. The minimum absolute atomic E-state index is 0.0733. The Bertz CT molecular complexity index is 694. The molecule has 0 saturated carbocycles. The number of rotatable bonds is 2. The van der Waals surface area contributed by atoms with Gasteiger partial charge in [0, 0.05) is 24.7 Å². The summed E-state index contributed by atoms with van der Waals surface area (Å²) in [7, 11) is 1.77. The van der Waals surface area contributed by atoms with Gasteiger partial charge >= 0.3 is 0 Å². The molecule has 1 aliphatic rings. The van der Waals surface area contributed by atoms with E-state index in [-0.39, 0.29) is 12.5 Å². The predicted octanol–water partition coefficient (Wildman–Crippen LogP) is 1.83. The summed E-state index contributed by atoms with van der Waals surface area (Å²) in [5, 5.41) is 0. The molecule has 2 aromatic rings. The van der Waals surface area contributed by atoms with Gasteiger partial charge in [-0.05, 0) is 6.07 Å². The lowest BCUT2D eigenvalue weighted by atomic mass is 10.0. The van der Waals surface area contributed by atoms with Crippen LogP contribution in [-0.2, 0) is 4.79 Å². The van der Waals surface area contributed by atoms with Crippen molar-refractivity contribution in [3.05, 3.63) is 65.7 Å². The molecule has 0 radical (unpaired) electrons. The van der Waals surface area contributed by atoms with Gasteiger partial charge in [0.2, 0.25) is 0 Å². The molecular formula is C17H17N3O. The summed E-state index contributed by atoms with van der Waals surface area (Å²) >= 11 is 0. The first-order valence-electron chi connectivity index (χ1n) is 6.92. The molecule has 4 heteroatoms. The van der Waals surface area contributed by atoms with Gasteiger partial charge in [0.15, 0.2) is 0 Å². The lowest BCUT2D eigenvalue weighted by Crippen LogP contribution is -2.38. The summed E-state index contributed by atoms with van der Waals surface area (Å²) < 4.78 is 0. The standard InChI is InChI=1S/C17H17N3O/c1-20-15-10-6-5-9-13(15)16(12-7-3-2-4-8-12)19-14(11-18)17(20)21/h2-10,14H,11,18H2,1H3. The number of likely N-dealkylation sites (N-methyl/N-ethyl adjacent to an activating group) is 1. The number of nitrogens with two attached hydrogens (primary N) is 1. The van der Waals surface area contributed by atoms with Crippen molar-refractivity contribution in [3.63, 3.8) is 0 Å². The number of aliphatic imine (C=N–C) groups is 1. The molecule has 1 atom stereocenters. The van der Waals surface area contributed by atoms with Crippen LogP contribution in [0, 0.1) is 0 Å². The van der Waals surface area contributed by atoms with Crippen LogP contribution >= 0.6 is 0 Å². The zero-order valence-corrected chi connectivity index (χ0v) is 11.9. The zero-order chi connectivity index (χ0) is 14.8. The topological polar surface area (TPSA) is 58.7 Å². The number of hydrogen-bond acceptors (Lipinski definition) is 3. The Hall–Kier alpha value is -2.46. The highest BCUT2D eigenvalue weighted by atomic mass is 16.2. The normalized spacial score (nSPS) is 18.0. The molecule has 1 unspecified atom stereocenters. The molecule has 0 bridgehead atoms. The number of carbonyl (C=O) groups is 1. The Morgan fingerprint density at radius 3 is 2.48 bits per heavy atom. The number of nitrogens with zero attached hydrogens (tertiary/aromatic N) is 2. The molecule has 0 saturated heterocycles. The smallest absolute Gasteiger partial charge is 0.252 e. The van der Waals surface area contributed by atoms with E-state index in [2.05, 4.69) is 4.99 Å². The van der Waals surface area contributed by atoms with E-state index in [0.717, 1.165) is 22.5 Å². The molecule has 4 nitrogen and oxygen atoms in total. The van der Waals surface area contributed by atoms with Gasteiger partial charge in [0.05, 0.1) is 11.4 Å². The summed E-state index contributed by atoms with van der Waals surface area (Å²) in [5.74, 6) is -0.0733. The summed E-state index contributed by atoms with van der Waals surface area (Å²) in [4.78, 5) is 18.7. The van der Waals surface area contributed by atoms with Crippen molar-refractivity contribution in [2.75, 3.05) is 18.5 Å². The van der Waals surface area contributed by atoms with Gasteiger partial charge in [-0.25, -0.2) is 0 Å². The summed E-state index contributed by atoms with van der Waals surface area (Å²) in [6.07, 6.45) is 0. The minimum atomic E-state index is -0.544. The summed E-state index contributed by atoms with van der Waals surface area (Å²) in [5.41, 5.74) is 9.37. The predicted molar refractivity (Wildman–Crippen MR) is 84.8 cm³/mol. The average molecular weight is 279 g/mol. The zero-order valence-electron chi connectivity index (χ0n) is 11.9. The van der Waals surface area contributed by atoms with Crippen molar-refractivity contribution < 1.29 is 4.79 Å². The Morgan fingerprint density at radius 2 is 1.76 bits per heavy atom. The van der Waals surface area contributed by atoms with Crippen LogP contribution in [0.4, 0.5) is 5.69 Å². The van der Waals surface area contributed by atoms with Crippen molar-refractivity contribution in [2.24, 2.45) is 10.7 Å². The average Bonchev–Trinajstić information content (AvgIpc) is 2.65. The van der Waals surface area contributed by atoms with Crippen molar-refractivity contribution in [2.45, 2.75) is 6.04 Å². The van der Waals surface area contributed by atoms with Crippen LogP contribution in [0.3, 0.4) is 0 Å². The van der Waals surface area contributed by atoms with E-state index in [9.17, 15) is 4.79 Å². The molecule has 1 aliphatic heterocycles. The fourth-order valence-corrected chi connectivity index (χ4v) is 2.57. The monoisotopic (exact) mass is 279 g/mol. The second-order valence-corrected chi connectivity index (χ2v) is 5.01. The fraction of sp³-hybridized carbons (Fsp3) is 0.176. The number of para-hydroxylation sites is 1. The number of benzodiazepines with no additional fused rings is 1. The highest BCUT2D eigenvalue weighted by Gasteiger charge is 2.28. The summed E-state index contributed by atoms with van der Waals surface area (Å²) in [6, 6.07) is 17.2. The maximum atomic E-state index is 12.5. The molecule has 0 aromatic heterocycles. The fourth-order valence-electron chi connectivity index (χ4n) is 2.57. The SMILES string of the molecule is CN1C(=O)C(CN)N=C(c2ccccc2)c2ccccc21. The first-order valence-corrected chi connectivity index (χ1v) is 6.92. The lowest BCUT2D eigenvalue weighted by Gasteiger charge is -2.19. The van der Waals surface area contributed by atoms with E-state index in [0.29, 0.717) is 0 Å². The molecule has 2 aromatic carbocycles. The molecule has 1 amide bonds. The van der Waals surface area contributed by atoms with Crippen LogP contribution < -0.4 is 10.6 Å². The number of amides is 1. The Morgan fingerprint density at radius 1 is 1.10 bits per heavy atom. The van der Waals surface area contributed by atoms with Gasteiger partial charge in [0.1, 0.15) is 6.04 Å². The largest absolute Gasteiger partial charge is 0.328 e. The highest BCUT2D eigenvalue weighted by Crippen LogP contribution is 2.27. The van der Waals surface area contributed by atoms with Crippen molar-refractivity contribution in [1.82, 2.24) is 0 Å². The summed E-state index contributed by atoms with van der Waals surface area (Å²) in [6.45, 7) is 0.202. The maximum absolute atomic E-state index is 12.5. The molecule has 0 fully saturated rings.